The Morgan fingerprint density at radius 3 is 2.79 bits per heavy atom. The number of aromatic nitrogens is 3. The van der Waals surface area contributed by atoms with Gasteiger partial charge in [0.1, 0.15) is 17.3 Å². The average molecular weight is 385 g/mol. The lowest BCUT2D eigenvalue weighted by atomic mass is 10.2. The van der Waals surface area contributed by atoms with Gasteiger partial charge in [0.2, 0.25) is 0 Å². The molecular formula is C19H14F3N5O. The Morgan fingerprint density at radius 1 is 1.11 bits per heavy atom. The minimum absolute atomic E-state index is 0.0600. The van der Waals surface area contributed by atoms with Crippen LogP contribution in [0.5, 0.6) is 5.75 Å². The molecule has 0 amide bonds. The molecule has 0 saturated heterocycles. The van der Waals surface area contributed by atoms with Crippen LogP contribution in [0, 0.1) is 5.82 Å². The summed E-state index contributed by atoms with van der Waals surface area (Å²) in [5.41, 5.74) is 5.16. The lowest BCUT2D eigenvalue weighted by Gasteiger charge is -2.27. The number of anilines is 1. The first-order valence-corrected chi connectivity index (χ1v) is 8.25. The van der Waals surface area contributed by atoms with Gasteiger partial charge in [0.25, 0.3) is 0 Å². The molecule has 0 radical (unpaired) electrons. The molecule has 0 saturated carbocycles. The Balaban J connectivity index is 1.61. The van der Waals surface area contributed by atoms with Crippen molar-refractivity contribution in [3.63, 3.8) is 0 Å². The van der Waals surface area contributed by atoms with E-state index in [1.54, 1.807) is 53.8 Å². The maximum Gasteiger partial charge on any atom is 0.387 e. The fraction of sp³-hybridized carbons (Fsp3) is 0.0526. The first kappa shape index (κ1) is 17.7. The van der Waals surface area contributed by atoms with Crippen molar-refractivity contribution in [3.05, 3.63) is 84.9 Å². The van der Waals surface area contributed by atoms with E-state index in [1.165, 1.54) is 29.2 Å². The summed E-state index contributed by atoms with van der Waals surface area (Å²) in [7, 11) is 0. The van der Waals surface area contributed by atoms with Gasteiger partial charge in [-0.05, 0) is 30.4 Å². The third-order valence-corrected chi connectivity index (χ3v) is 3.94. The van der Waals surface area contributed by atoms with E-state index in [0.29, 0.717) is 22.8 Å². The van der Waals surface area contributed by atoms with Crippen LogP contribution in [0.1, 0.15) is 5.69 Å². The molecule has 6 nitrogen and oxygen atoms in total. The van der Waals surface area contributed by atoms with Crippen molar-refractivity contribution in [2.75, 3.05) is 5.01 Å². The Morgan fingerprint density at radius 2 is 1.96 bits per heavy atom. The van der Waals surface area contributed by atoms with Crippen molar-refractivity contribution >= 4 is 11.4 Å². The zero-order valence-electron chi connectivity index (χ0n) is 14.3. The van der Waals surface area contributed by atoms with Gasteiger partial charge in [-0.1, -0.05) is 12.1 Å². The molecular weight excluding hydrogens is 371 g/mol. The van der Waals surface area contributed by atoms with Crippen molar-refractivity contribution in [2.24, 2.45) is 0 Å². The van der Waals surface area contributed by atoms with E-state index in [4.69, 9.17) is 0 Å². The van der Waals surface area contributed by atoms with Gasteiger partial charge in [-0.2, -0.15) is 13.9 Å². The number of pyridine rings is 1. The van der Waals surface area contributed by atoms with Gasteiger partial charge in [0, 0.05) is 12.3 Å². The van der Waals surface area contributed by atoms with Gasteiger partial charge in [-0.3, -0.25) is 15.4 Å². The van der Waals surface area contributed by atoms with Crippen LogP contribution in [0.4, 0.5) is 18.9 Å². The number of alkyl halides is 2. The van der Waals surface area contributed by atoms with Gasteiger partial charge in [-0.25, -0.2) is 9.07 Å². The molecule has 1 N–H and O–H groups in total. The largest absolute Gasteiger partial charge is 0.433 e. The van der Waals surface area contributed by atoms with Crippen molar-refractivity contribution < 1.29 is 17.9 Å². The van der Waals surface area contributed by atoms with E-state index in [-0.39, 0.29) is 5.75 Å². The highest BCUT2D eigenvalue weighted by Gasteiger charge is 2.17. The van der Waals surface area contributed by atoms with E-state index < -0.39 is 12.4 Å². The summed E-state index contributed by atoms with van der Waals surface area (Å²) in [5, 5.41) is 5.79. The number of halogens is 3. The van der Waals surface area contributed by atoms with Crippen molar-refractivity contribution in [2.45, 2.75) is 6.61 Å². The zero-order valence-corrected chi connectivity index (χ0v) is 14.3. The molecule has 0 unspecified atom stereocenters. The molecule has 0 spiro atoms. The standard InChI is InChI=1S/C19H14F3N5O/c20-15-4-1-2-6-17(15)27-18(7-8-24-27)16-5-3-9-26(25-16)13-10-14(12-23-11-13)28-19(21)22/h1-12,19,25H. The van der Waals surface area contributed by atoms with E-state index in [1.807, 2.05) is 0 Å². The second kappa shape index (κ2) is 7.47. The number of benzene rings is 1. The van der Waals surface area contributed by atoms with E-state index in [2.05, 4.69) is 20.2 Å². The molecule has 9 heteroatoms. The molecule has 1 aliphatic rings. The maximum atomic E-state index is 14.2. The maximum absolute atomic E-state index is 14.2. The molecule has 0 bridgehead atoms. The van der Waals surface area contributed by atoms with Gasteiger partial charge in [-0.15, -0.1) is 0 Å². The molecule has 3 aromatic rings. The third-order valence-electron chi connectivity index (χ3n) is 3.94. The lowest BCUT2D eigenvalue weighted by Crippen LogP contribution is -2.34. The Hall–Kier alpha value is -3.75. The number of ether oxygens (including phenoxy) is 1. The van der Waals surface area contributed by atoms with Gasteiger partial charge in [0.15, 0.2) is 0 Å². The second-order valence-electron chi connectivity index (χ2n) is 5.74. The van der Waals surface area contributed by atoms with Crippen LogP contribution >= 0.6 is 0 Å². The molecule has 1 aromatic carbocycles. The predicted molar refractivity (Wildman–Crippen MR) is 97.1 cm³/mol. The average Bonchev–Trinajstić information content (AvgIpc) is 3.18. The predicted octanol–water partition coefficient (Wildman–Crippen LogP) is 3.89. The number of rotatable bonds is 5. The highest BCUT2D eigenvalue weighted by atomic mass is 19.3. The molecule has 0 fully saturated rings. The highest BCUT2D eigenvalue weighted by Crippen LogP contribution is 2.25. The topological polar surface area (TPSA) is 55.2 Å². The monoisotopic (exact) mass is 385 g/mol. The summed E-state index contributed by atoms with van der Waals surface area (Å²) in [6.07, 6.45) is 9.49. The fourth-order valence-corrected chi connectivity index (χ4v) is 2.75. The normalized spacial score (nSPS) is 13.4. The summed E-state index contributed by atoms with van der Waals surface area (Å²) in [4.78, 5) is 3.92. The number of nitrogens with zero attached hydrogens (tertiary/aromatic N) is 4. The number of hydrazine groups is 1. The van der Waals surface area contributed by atoms with Crippen LogP contribution in [-0.4, -0.2) is 21.4 Å². The number of nitrogens with one attached hydrogen (secondary N) is 1. The summed E-state index contributed by atoms with van der Waals surface area (Å²) < 4.78 is 44.9. The van der Waals surface area contributed by atoms with E-state index in [9.17, 15) is 13.2 Å². The van der Waals surface area contributed by atoms with Crippen LogP contribution in [0.2, 0.25) is 0 Å². The second-order valence-corrected chi connectivity index (χ2v) is 5.74. The minimum atomic E-state index is -2.94. The molecule has 0 atom stereocenters. The van der Waals surface area contributed by atoms with Gasteiger partial charge in [0.05, 0.1) is 35.7 Å². The van der Waals surface area contributed by atoms with Crippen molar-refractivity contribution in [1.29, 1.82) is 0 Å². The molecule has 142 valence electrons. The highest BCUT2D eigenvalue weighted by molar-refractivity contribution is 5.69. The summed E-state index contributed by atoms with van der Waals surface area (Å²) in [6, 6.07) is 9.46. The van der Waals surface area contributed by atoms with E-state index in [0.717, 1.165) is 0 Å². The van der Waals surface area contributed by atoms with Crippen LogP contribution in [-0.2, 0) is 0 Å². The third kappa shape index (κ3) is 3.54. The molecule has 28 heavy (non-hydrogen) atoms. The summed E-state index contributed by atoms with van der Waals surface area (Å²) in [5.74, 6) is -0.465. The smallest absolute Gasteiger partial charge is 0.387 e. The van der Waals surface area contributed by atoms with Crippen molar-refractivity contribution in [1.82, 2.24) is 20.2 Å². The quantitative estimate of drug-likeness (QED) is 0.722. The van der Waals surface area contributed by atoms with Crippen LogP contribution in [0.15, 0.2) is 73.3 Å². The number of para-hydroxylation sites is 1. The minimum Gasteiger partial charge on any atom is -0.433 e. The van der Waals surface area contributed by atoms with Crippen LogP contribution in [0.25, 0.3) is 11.4 Å². The first-order valence-electron chi connectivity index (χ1n) is 8.25. The molecule has 1 aliphatic heterocycles. The van der Waals surface area contributed by atoms with Crippen molar-refractivity contribution in [3.8, 4) is 11.4 Å². The SMILES string of the molecule is Fc1ccccc1-n1nccc1C1=CC=CN(c2cncc(OC(F)F)c2)N1. The van der Waals surface area contributed by atoms with Gasteiger partial charge >= 0.3 is 6.61 Å². The Bertz CT molecular complexity index is 1050. The molecule has 4 rings (SSSR count). The zero-order chi connectivity index (χ0) is 19.5. The summed E-state index contributed by atoms with van der Waals surface area (Å²) >= 11 is 0. The molecule has 2 aromatic heterocycles. The Kier molecular flexibility index (Phi) is 4.71. The number of allylic oxidation sites excluding steroid dienone is 2. The number of hydrogen-bond donors (Lipinski definition) is 1. The molecule has 3 heterocycles. The lowest BCUT2D eigenvalue weighted by molar-refractivity contribution is -0.0500. The van der Waals surface area contributed by atoms with Gasteiger partial charge < -0.3 is 4.74 Å². The molecule has 0 aliphatic carbocycles. The first-order chi connectivity index (χ1) is 13.6. The fourth-order valence-electron chi connectivity index (χ4n) is 2.75. The van der Waals surface area contributed by atoms with Crippen LogP contribution < -0.4 is 15.2 Å². The Labute approximate surface area is 158 Å². The van der Waals surface area contributed by atoms with Crippen LogP contribution in [0.3, 0.4) is 0 Å². The van der Waals surface area contributed by atoms with E-state index >= 15 is 0 Å². The summed E-state index contributed by atoms with van der Waals surface area (Å²) in [6.45, 7) is -2.94. The number of hydrogen-bond acceptors (Lipinski definition) is 5.